The molecule has 0 bridgehead atoms. The number of hydrogen-bond acceptors (Lipinski definition) is 5. The Hall–Kier alpha value is -2.19. The number of halogens is 2. The number of benzene rings is 2. The van der Waals surface area contributed by atoms with Crippen LogP contribution >= 0.6 is 34.7 Å². The molecule has 0 unspecified atom stereocenters. The van der Waals surface area contributed by atoms with Crippen LogP contribution in [-0.2, 0) is 4.57 Å². The minimum atomic E-state index is -2.63. The smallest absolute Gasteiger partial charge is 0.224 e. The average Bonchev–Trinajstić information content (AvgIpc) is 2.64. The maximum absolute atomic E-state index is 12.9. The molecule has 0 spiro atoms. The summed E-state index contributed by atoms with van der Waals surface area (Å²) in [6.07, 6.45) is 1.55. The first-order chi connectivity index (χ1) is 12.8. The Morgan fingerprint density at radius 1 is 1.22 bits per heavy atom. The number of anilines is 2. The van der Waals surface area contributed by atoms with E-state index in [1.54, 1.807) is 25.6 Å². The van der Waals surface area contributed by atoms with E-state index in [2.05, 4.69) is 37.3 Å². The summed E-state index contributed by atoms with van der Waals surface area (Å²) < 4.78 is 13.6. The quantitative estimate of drug-likeness (QED) is 0.414. The summed E-state index contributed by atoms with van der Waals surface area (Å²) in [7, 11) is -2.63. The Labute approximate surface area is 170 Å². The van der Waals surface area contributed by atoms with Gasteiger partial charge in [-0.3, -0.25) is 0 Å². The van der Waals surface area contributed by atoms with Crippen molar-refractivity contribution in [2.75, 3.05) is 18.6 Å². The van der Waals surface area contributed by atoms with Gasteiger partial charge < -0.3 is 9.88 Å². The highest BCUT2D eigenvalue weighted by Gasteiger charge is 2.19. The maximum Gasteiger partial charge on any atom is 0.224 e. The Morgan fingerprint density at radius 2 is 1.96 bits per heavy atom. The molecule has 2 aromatic carbocycles. The van der Waals surface area contributed by atoms with Gasteiger partial charge in [-0.15, -0.1) is 0 Å². The fraction of sp³-hybridized carbons (Fsp3) is 0.105. The average molecular weight is 462 g/mol. The van der Waals surface area contributed by atoms with Crippen molar-refractivity contribution >= 4 is 51.5 Å². The Balaban J connectivity index is 2.12. The summed E-state index contributed by atoms with van der Waals surface area (Å²) in [6.45, 7) is 3.41. The molecular weight excluding hydrogens is 447 g/mol. The molecule has 27 heavy (non-hydrogen) atoms. The number of nitrogens with zero attached hydrogens (tertiary/aromatic N) is 3. The lowest BCUT2D eigenvalue weighted by molar-refractivity contribution is 0.588. The molecule has 1 N–H and O–H groups in total. The van der Waals surface area contributed by atoms with Crippen molar-refractivity contribution in [3.05, 3.63) is 64.0 Å². The summed E-state index contributed by atoms with van der Waals surface area (Å²) in [5.74, 6) is 0.481. The van der Waals surface area contributed by atoms with Gasteiger partial charge in [-0.05, 0) is 70.2 Å². The number of hydrogen-bond donors (Lipinski definition) is 1. The molecule has 0 amide bonds. The molecule has 0 radical (unpaired) electrons. The summed E-state index contributed by atoms with van der Waals surface area (Å²) in [4.78, 5) is 8.07. The zero-order valence-electron chi connectivity index (χ0n) is 14.6. The molecular formula is C19H15BrClN4OP. The number of aromatic nitrogens is 2. The van der Waals surface area contributed by atoms with Gasteiger partial charge in [0.15, 0.2) is 0 Å². The summed E-state index contributed by atoms with van der Waals surface area (Å²) in [6, 6.07) is 15.1. The van der Waals surface area contributed by atoms with Gasteiger partial charge in [0.05, 0.1) is 21.8 Å². The summed E-state index contributed by atoms with van der Waals surface area (Å²) in [5, 5.41) is 13.3. The summed E-state index contributed by atoms with van der Waals surface area (Å²) in [5.41, 5.74) is 2.86. The third-order valence-corrected chi connectivity index (χ3v) is 6.20. The molecule has 0 aliphatic rings. The lowest BCUT2D eigenvalue weighted by Gasteiger charge is -2.17. The molecule has 136 valence electrons. The van der Waals surface area contributed by atoms with Gasteiger partial charge in [-0.25, -0.2) is 4.98 Å². The van der Waals surface area contributed by atoms with Gasteiger partial charge in [-0.2, -0.15) is 10.2 Å². The molecule has 0 fully saturated rings. The number of nitriles is 1. The zero-order chi connectivity index (χ0) is 19.6. The second kappa shape index (κ2) is 7.82. The third-order valence-electron chi connectivity index (χ3n) is 3.90. The van der Waals surface area contributed by atoms with Crippen LogP contribution in [-0.4, -0.2) is 23.3 Å². The molecule has 0 atom stereocenters. The molecule has 0 saturated carbocycles. The van der Waals surface area contributed by atoms with Crippen LogP contribution in [0, 0.1) is 11.3 Å². The van der Waals surface area contributed by atoms with Crippen LogP contribution in [0.4, 0.5) is 11.5 Å². The molecule has 3 aromatic rings. The predicted octanol–water partition coefficient (Wildman–Crippen LogP) is 5.42. The van der Waals surface area contributed by atoms with Gasteiger partial charge in [-0.1, -0.05) is 24.3 Å². The number of nitrogens with one attached hydrogen (secondary N) is 1. The minimum Gasteiger partial charge on any atom is -0.339 e. The number of rotatable bonds is 4. The van der Waals surface area contributed by atoms with Crippen LogP contribution in [0.15, 0.2) is 53.1 Å². The SMILES string of the molecule is CP(C)(=O)c1cc(-c2ccccc2C#N)ccc1Nc1nc(Cl)ncc1Br. The van der Waals surface area contributed by atoms with E-state index in [0.717, 1.165) is 11.1 Å². The van der Waals surface area contributed by atoms with E-state index in [9.17, 15) is 9.83 Å². The standard InChI is InChI=1S/C19H15BrClN4OP/c1-27(2,26)17-9-12(14-6-4-3-5-13(14)10-22)7-8-16(17)24-18-15(20)11-23-19(21)25-18/h3-9,11H,1-2H3,(H,23,24,25). The van der Waals surface area contributed by atoms with Crippen LogP contribution in [0.3, 0.4) is 0 Å². The fourth-order valence-corrected chi connectivity index (χ4v) is 4.23. The lowest BCUT2D eigenvalue weighted by Crippen LogP contribution is -2.11. The van der Waals surface area contributed by atoms with E-state index in [4.69, 9.17) is 11.6 Å². The van der Waals surface area contributed by atoms with Gasteiger partial charge in [0.25, 0.3) is 0 Å². The van der Waals surface area contributed by atoms with E-state index in [1.165, 1.54) is 0 Å². The van der Waals surface area contributed by atoms with Crippen LogP contribution in [0.25, 0.3) is 11.1 Å². The van der Waals surface area contributed by atoms with Gasteiger partial charge in [0.2, 0.25) is 5.28 Å². The van der Waals surface area contributed by atoms with Crippen molar-refractivity contribution < 1.29 is 4.57 Å². The highest BCUT2D eigenvalue weighted by molar-refractivity contribution is 9.10. The molecule has 0 saturated heterocycles. The first-order valence-corrected chi connectivity index (χ1v) is 11.7. The van der Waals surface area contributed by atoms with E-state index >= 15 is 0 Å². The molecule has 0 aliphatic carbocycles. The summed E-state index contributed by atoms with van der Waals surface area (Å²) >= 11 is 9.26. The van der Waals surface area contributed by atoms with Crippen LogP contribution < -0.4 is 10.6 Å². The zero-order valence-corrected chi connectivity index (χ0v) is 17.8. The topological polar surface area (TPSA) is 78.7 Å². The normalized spacial score (nSPS) is 11.1. The Morgan fingerprint density at radius 3 is 2.67 bits per heavy atom. The maximum atomic E-state index is 12.9. The molecule has 3 rings (SSSR count). The molecule has 5 nitrogen and oxygen atoms in total. The first kappa shape index (κ1) is 19.6. The first-order valence-electron chi connectivity index (χ1n) is 7.94. The van der Waals surface area contributed by atoms with Crippen molar-refractivity contribution in [3.63, 3.8) is 0 Å². The van der Waals surface area contributed by atoms with Crippen LogP contribution in [0.2, 0.25) is 5.28 Å². The second-order valence-electron chi connectivity index (χ2n) is 6.20. The van der Waals surface area contributed by atoms with E-state index in [-0.39, 0.29) is 5.28 Å². The van der Waals surface area contributed by atoms with Crippen LogP contribution in [0.1, 0.15) is 5.56 Å². The molecule has 8 heteroatoms. The van der Waals surface area contributed by atoms with Crippen molar-refractivity contribution in [2.45, 2.75) is 0 Å². The molecule has 1 heterocycles. The van der Waals surface area contributed by atoms with E-state index in [1.807, 2.05) is 36.4 Å². The van der Waals surface area contributed by atoms with Gasteiger partial charge in [0, 0.05) is 11.5 Å². The largest absolute Gasteiger partial charge is 0.339 e. The fourth-order valence-electron chi connectivity index (χ4n) is 2.64. The Kier molecular flexibility index (Phi) is 5.67. The Bertz CT molecular complexity index is 1110. The predicted molar refractivity (Wildman–Crippen MR) is 114 cm³/mol. The van der Waals surface area contributed by atoms with Crippen molar-refractivity contribution in [1.82, 2.24) is 9.97 Å². The highest BCUT2D eigenvalue weighted by Crippen LogP contribution is 2.40. The van der Waals surface area contributed by atoms with E-state index in [0.29, 0.717) is 26.8 Å². The van der Waals surface area contributed by atoms with E-state index < -0.39 is 7.14 Å². The minimum absolute atomic E-state index is 0.109. The highest BCUT2D eigenvalue weighted by atomic mass is 79.9. The monoisotopic (exact) mass is 460 g/mol. The lowest BCUT2D eigenvalue weighted by atomic mass is 10.0. The van der Waals surface area contributed by atoms with Crippen LogP contribution in [0.5, 0.6) is 0 Å². The third kappa shape index (κ3) is 4.39. The van der Waals surface area contributed by atoms with Crippen molar-refractivity contribution in [1.29, 1.82) is 5.26 Å². The second-order valence-corrected chi connectivity index (χ2v) is 10.6. The molecule has 0 aliphatic heterocycles. The van der Waals surface area contributed by atoms with Gasteiger partial charge in [0.1, 0.15) is 13.0 Å². The van der Waals surface area contributed by atoms with Crippen molar-refractivity contribution in [2.24, 2.45) is 0 Å². The van der Waals surface area contributed by atoms with Crippen molar-refractivity contribution in [3.8, 4) is 17.2 Å². The van der Waals surface area contributed by atoms with Gasteiger partial charge >= 0.3 is 0 Å². The molecule has 1 aromatic heterocycles.